The molecule has 2 aromatic rings. The molecule has 0 spiro atoms. The van der Waals surface area contributed by atoms with Gasteiger partial charge in [-0.25, -0.2) is 4.79 Å². The summed E-state index contributed by atoms with van der Waals surface area (Å²) in [7, 11) is 0. The van der Waals surface area contributed by atoms with Crippen LogP contribution in [0.15, 0.2) is 42.5 Å². The van der Waals surface area contributed by atoms with Crippen molar-refractivity contribution in [1.82, 2.24) is 10.2 Å². The van der Waals surface area contributed by atoms with Crippen LogP contribution in [0.1, 0.15) is 89.1 Å². The number of alkyl carbamates (subject to hydrolysis) is 1. The number of para-hydroxylation sites is 1. The van der Waals surface area contributed by atoms with Gasteiger partial charge in [0.15, 0.2) is 0 Å². The number of amides is 4. The van der Waals surface area contributed by atoms with Gasteiger partial charge in [0.1, 0.15) is 17.7 Å². The van der Waals surface area contributed by atoms with E-state index in [4.69, 9.17) is 16.9 Å². The molecule has 2 rings (SSSR count). The third-order valence-electron chi connectivity index (χ3n) is 7.07. The van der Waals surface area contributed by atoms with Gasteiger partial charge in [0.05, 0.1) is 0 Å². The molecule has 4 amide bonds. The molecule has 0 aliphatic rings. The van der Waals surface area contributed by atoms with Gasteiger partial charge in [-0.2, -0.15) is 0 Å². The second-order valence-electron chi connectivity index (χ2n) is 12.0. The number of terminal acetylenes is 1. The monoisotopic (exact) mass is 576 g/mol. The van der Waals surface area contributed by atoms with Crippen molar-refractivity contribution in [3.05, 3.63) is 64.7 Å². The van der Waals surface area contributed by atoms with Gasteiger partial charge in [0.2, 0.25) is 11.8 Å². The van der Waals surface area contributed by atoms with Crippen LogP contribution in [0.5, 0.6) is 0 Å². The molecule has 4 N–H and O–H groups in total. The number of ether oxygens (including phenoxy) is 1. The molecule has 0 heterocycles. The highest BCUT2D eigenvalue weighted by atomic mass is 16.6. The lowest BCUT2D eigenvalue weighted by atomic mass is 9.89. The van der Waals surface area contributed by atoms with E-state index < -0.39 is 47.0 Å². The smallest absolute Gasteiger partial charge is 0.408 e. The fraction of sp³-hybridized carbons (Fsp3) is 0.455. The number of anilines is 1. The van der Waals surface area contributed by atoms with E-state index in [2.05, 4.69) is 16.6 Å². The van der Waals surface area contributed by atoms with Crippen molar-refractivity contribution >= 4 is 29.5 Å². The molecular formula is C33H44N4O5. The Kier molecular flexibility index (Phi) is 11.3. The Labute approximate surface area is 249 Å². The minimum absolute atomic E-state index is 0.0915. The van der Waals surface area contributed by atoms with E-state index in [0.717, 1.165) is 11.1 Å². The normalized spacial score (nSPS) is 12.8. The van der Waals surface area contributed by atoms with Crippen molar-refractivity contribution < 1.29 is 23.9 Å². The molecule has 0 bridgehead atoms. The van der Waals surface area contributed by atoms with E-state index >= 15 is 0 Å². The van der Waals surface area contributed by atoms with Crippen LogP contribution in [-0.2, 0) is 19.1 Å². The minimum Gasteiger partial charge on any atom is -0.444 e. The first-order valence-corrected chi connectivity index (χ1v) is 14.1. The lowest BCUT2D eigenvalue weighted by molar-refractivity contribution is -0.148. The Morgan fingerprint density at radius 3 is 2.12 bits per heavy atom. The van der Waals surface area contributed by atoms with E-state index in [9.17, 15) is 19.2 Å². The number of carbonyl (C=O) groups is 4. The highest BCUT2D eigenvalue weighted by molar-refractivity contribution is 6.00. The lowest BCUT2D eigenvalue weighted by Gasteiger charge is -2.45. The molecule has 0 radical (unpaired) electrons. The van der Waals surface area contributed by atoms with Crippen LogP contribution in [0.3, 0.4) is 0 Å². The van der Waals surface area contributed by atoms with Gasteiger partial charge in [0.25, 0.3) is 5.91 Å². The number of nitrogens with two attached hydrogens (primary N) is 1. The summed E-state index contributed by atoms with van der Waals surface area (Å²) in [6.07, 6.45) is 5.22. The molecule has 226 valence electrons. The second-order valence-corrected chi connectivity index (χ2v) is 12.0. The maximum absolute atomic E-state index is 14.5. The standard InChI is InChI=1S/C33H44N4O5/c1-10-23-17-12-13-18-24(23)28(29(39)36-27-21(3)15-14-16-22(27)4)37(33(8,9)11-2)30(40)25(19-20-26(34)38)35-31(41)42-32(5,6)7/h1,12-18,25,28H,11,19-20H2,2-9H3,(H2,34,38)(H,35,41)(H,36,39). The molecule has 9 nitrogen and oxygen atoms in total. The van der Waals surface area contributed by atoms with Gasteiger partial charge in [-0.15, -0.1) is 6.42 Å². The molecular weight excluding hydrogens is 532 g/mol. The summed E-state index contributed by atoms with van der Waals surface area (Å²) in [4.78, 5) is 54.9. The van der Waals surface area contributed by atoms with Gasteiger partial charge in [0, 0.05) is 23.2 Å². The zero-order valence-electron chi connectivity index (χ0n) is 26.0. The molecule has 42 heavy (non-hydrogen) atoms. The zero-order valence-corrected chi connectivity index (χ0v) is 26.0. The third kappa shape index (κ3) is 8.84. The summed E-state index contributed by atoms with van der Waals surface area (Å²) in [5.41, 5.74) is 6.91. The number of hydrogen-bond donors (Lipinski definition) is 3. The van der Waals surface area contributed by atoms with Crippen LogP contribution in [0, 0.1) is 26.2 Å². The fourth-order valence-electron chi connectivity index (χ4n) is 4.57. The molecule has 2 unspecified atom stereocenters. The van der Waals surface area contributed by atoms with E-state index in [0.29, 0.717) is 23.2 Å². The molecule has 0 fully saturated rings. The number of carbonyl (C=O) groups excluding carboxylic acids is 4. The Bertz CT molecular complexity index is 1330. The van der Waals surface area contributed by atoms with Crippen molar-refractivity contribution in [1.29, 1.82) is 0 Å². The molecule has 0 saturated carbocycles. The third-order valence-corrected chi connectivity index (χ3v) is 7.07. The molecule has 2 aromatic carbocycles. The van der Waals surface area contributed by atoms with Crippen LogP contribution in [0.4, 0.5) is 10.5 Å². The van der Waals surface area contributed by atoms with Crippen LogP contribution in [0.2, 0.25) is 0 Å². The summed E-state index contributed by atoms with van der Waals surface area (Å²) < 4.78 is 5.41. The fourth-order valence-corrected chi connectivity index (χ4v) is 4.57. The predicted octanol–water partition coefficient (Wildman–Crippen LogP) is 5.14. The molecule has 9 heteroatoms. The van der Waals surface area contributed by atoms with Gasteiger partial charge >= 0.3 is 6.09 Å². The molecule has 0 aliphatic heterocycles. The van der Waals surface area contributed by atoms with Crippen LogP contribution in [-0.4, -0.2) is 45.9 Å². The average Bonchev–Trinajstić information content (AvgIpc) is 2.90. The largest absolute Gasteiger partial charge is 0.444 e. The van der Waals surface area contributed by atoms with E-state index in [1.807, 2.05) is 52.8 Å². The average molecular weight is 577 g/mol. The first kappa shape index (κ1) is 33.9. The Morgan fingerprint density at radius 1 is 1.00 bits per heavy atom. The zero-order chi connectivity index (χ0) is 31.8. The van der Waals surface area contributed by atoms with Gasteiger partial charge in [-0.05, 0) is 84.1 Å². The Hall–Kier alpha value is -4.32. The number of aryl methyl sites for hydroxylation is 2. The first-order chi connectivity index (χ1) is 19.5. The van der Waals surface area contributed by atoms with Crippen LogP contribution in [0.25, 0.3) is 0 Å². The molecule has 0 aromatic heterocycles. The highest BCUT2D eigenvalue weighted by Gasteiger charge is 2.44. The number of primary amides is 1. The lowest BCUT2D eigenvalue weighted by Crippen LogP contribution is -2.59. The summed E-state index contributed by atoms with van der Waals surface area (Å²) in [5.74, 6) is 0.945. The summed E-state index contributed by atoms with van der Waals surface area (Å²) in [6.45, 7) is 14.4. The Balaban J connectivity index is 2.75. The van der Waals surface area contributed by atoms with Crippen molar-refractivity contribution in [2.24, 2.45) is 5.73 Å². The molecule has 2 atom stereocenters. The SMILES string of the molecule is C#Cc1ccccc1C(C(=O)Nc1c(C)cccc1C)N(C(=O)C(CCC(N)=O)NC(=O)OC(C)(C)C)C(C)(C)CC. The van der Waals surface area contributed by atoms with Gasteiger partial charge in [-0.3, -0.25) is 14.4 Å². The summed E-state index contributed by atoms with van der Waals surface area (Å²) in [5, 5.41) is 5.65. The number of rotatable bonds is 11. The number of nitrogens with zero attached hydrogens (tertiary/aromatic N) is 1. The van der Waals surface area contributed by atoms with Crippen LogP contribution >= 0.6 is 0 Å². The van der Waals surface area contributed by atoms with Crippen molar-refractivity contribution in [3.63, 3.8) is 0 Å². The van der Waals surface area contributed by atoms with Gasteiger partial charge < -0.3 is 26.0 Å². The second kappa shape index (κ2) is 14.0. The molecule has 0 saturated heterocycles. The van der Waals surface area contributed by atoms with Gasteiger partial charge in [-0.1, -0.05) is 49.2 Å². The Morgan fingerprint density at radius 2 is 1.60 bits per heavy atom. The van der Waals surface area contributed by atoms with Crippen molar-refractivity contribution in [2.75, 3.05) is 5.32 Å². The number of benzene rings is 2. The van der Waals surface area contributed by atoms with E-state index in [1.165, 1.54) is 4.90 Å². The summed E-state index contributed by atoms with van der Waals surface area (Å²) >= 11 is 0. The predicted molar refractivity (Wildman–Crippen MR) is 164 cm³/mol. The quantitative estimate of drug-likeness (QED) is 0.319. The first-order valence-electron chi connectivity index (χ1n) is 14.1. The van der Waals surface area contributed by atoms with Crippen molar-refractivity contribution in [2.45, 2.75) is 97.9 Å². The minimum atomic E-state index is -1.22. The topological polar surface area (TPSA) is 131 Å². The van der Waals surface area contributed by atoms with Crippen molar-refractivity contribution in [3.8, 4) is 12.3 Å². The highest BCUT2D eigenvalue weighted by Crippen LogP contribution is 2.35. The number of nitrogens with one attached hydrogen (secondary N) is 2. The number of hydrogen-bond acceptors (Lipinski definition) is 5. The van der Waals surface area contributed by atoms with Crippen LogP contribution < -0.4 is 16.4 Å². The maximum Gasteiger partial charge on any atom is 0.408 e. The summed E-state index contributed by atoms with van der Waals surface area (Å²) in [6, 6.07) is 10.2. The maximum atomic E-state index is 14.5. The van der Waals surface area contributed by atoms with E-state index in [1.54, 1.807) is 45.0 Å². The van der Waals surface area contributed by atoms with E-state index in [-0.39, 0.29) is 12.8 Å². The molecule has 0 aliphatic carbocycles.